The number of carbonyl (C=O) groups is 1. The first-order chi connectivity index (χ1) is 9.45. The minimum Gasteiger partial charge on any atom is -0.481 e. The Hall–Kier alpha value is -1.88. The van der Waals surface area contributed by atoms with Crippen molar-refractivity contribution in [3.05, 3.63) is 40.4 Å². The van der Waals surface area contributed by atoms with Crippen LogP contribution in [0.15, 0.2) is 24.4 Å². The van der Waals surface area contributed by atoms with Crippen molar-refractivity contribution in [2.75, 3.05) is 5.32 Å². The number of nitrogens with zero attached hydrogens (tertiary/aromatic N) is 1. The van der Waals surface area contributed by atoms with E-state index in [1.807, 2.05) is 39.0 Å². The number of benzene rings is 1. The van der Waals surface area contributed by atoms with Crippen LogP contribution in [0.3, 0.4) is 0 Å². The first-order valence-corrected chi connectivity index (χ1v) is 7.24. The lowest BCUT2D eigenvalue weighted by molar-refractivity contribution is -0.122. The highest BCUT2D eigenvalue weighted by molar-refractivity contribution is 7.15. The molecule has 1 amide bonds. The highest BCUT2D eigenvalue weighted by atomic mass is 32.1. The van der Waals surface area contributed by atoms with Gasteiger partial charge in [-0.3, -0.25) is 10.1 Å². The molecule has 1 aromatic heterocycles. The average Bonchev–Trinajstić information content (AvgIpc) is 2.78. The van der Waals surface area contributed by atoms with Crippen molar-refractivity contribution in [2.45, 2.75) is 33.8 Å². The minimum atomic E-state index is -0.569. The van der Waals surface area contributed by atoms with Crippen LogP contribution in [-0.2, 0) is 4.79 Å². The summed E-state index contributed by atoms with van der Waals surface area (Å²) in [5.41, 5.74) is 2.19. The molecule has 0 saturated heterocycles. The van der Waals surface area contributed by atoms with Gasteiger partial charge in [-0.25, -0.2) is 4.98 Å². The number of hydrogen-bond acceptors (Lipinski definition) is 4. The van der Waals surface area contributed by atoms with Gasteiger partial charge in [0.15, 0.2) is 11.2 Å². The van der Waals surface area contributed by atoms with Gasteiger partial charge < -0.3 is 4.74 Å². The molecule has 0 aliphatic heterocycles. The number of aromatic nitrogens is 1. The third-order valence-corrected chi connectivity index (χ3v) is 3.68. The molecule has 106 valence electrons. The molecule has 4 nitrogen and oxygen atoms in total. The SMILES string of the molecule is Cc1ccc(OC(C)C(=O)Nc2ncc(C)s2)c(C)c1. The third-order valence-electron chi connectivity index (χ3n) is 2.85. The van der Waals surface area contributed by atoms with Crippen LogP contribution in [0.25, 0.3) is 0 Å². The van der Waals surface area contributed by atoms with Crippen LogP contribution >= 0.6 is 11.3 Å². The van der Waals surface area contributed by atoms with Crippen LogP contribution in [0.5, 0.6) is 5.75 Å². The van der Waals surface area contributed by atoms with Crippen LogP contribution in [0.1, 0.15) is 22.9 Å². The van der Waals surface area contributed by atoms with Gasteiger partial charge in [-0.2, -0.15) is 0 Å². The first-order valence-electron chi connectivity index (χ1n) is 6.43. The quantitative estimate of drug-likeness (QED) is 0.938. The summed E-state index contributed by atoms with van der Waals surface area (Å²) in [6.07, 6.45) is 1.16. The number of amides is 1. The van der Waals surface area contributed by atoms with Gasteiger partial charge in [-0.15, -0.1) is 11.3 Å². The molecule has 2 rings (SSSR count). The van der Waals surface area contributed by atoms with Crippen molar-refractivity contribution >= 4 is 22.4 Å². The van der Waals surface area contributed by atoms with E-state index in [4.69, 9.17) is 4.74 Å². The van der Waals surface area contributed by atoms with E-state index in [1.165, 1.54) is 16.9 Å². The highest BCUT2D eigenvalue weighted by Gasteiger charge is 2.17. The maximum absolute atomic E-state index is 12.0. The van der Waals surface area contributed by atoms with Gasteiger partial charge in [-0.05, 0) is 39.3 Å². The third kappa shape index (κ3) is 3.57. The number of thiazole rings is 1. The number of ether oxygens (including phenoxy) is 1. The Morgan fingerprint density at radius 2 is 2.10 bits per heavy atom. The van der Waals surface area contributed by atoms with E-state index >= 15 is 0 Å². The fraction of sp³-hybridized carbons (Fsp3) is 0.333. The van der Waals surface area contributed by atoms with Crippen molar-refractivity contribution in [1.82, 2.24) is 4.98 Å². The van der Waals surface area contributed by atoms with Crippen molar-refractivity contribution in [3.63, 3.8) is 0 Å². The normalized spacial score (nSPS) is 12.0. The number of nitrogens with one attached hydrogen (secondary N) is 1. The maximum Gasteiger partial charge on any atom is 0.266 e. The lowest BCUT2D eigenvalue weighted by Gasteiger charge is -2.15. The monoisotopic (exact) mass is 290 g/mol. The summed E-state index contributed by atoms with van der Waals surface area (Å²) >= 11 is 1.45. The Kier molecular flexibility index (Phi) is 4.39. The van der Waals surface area contributed by atoms with Crippen molar-refractivity contribution in [1.29, 1.82) is 0 Å². The van der Waals surface area contributed by atoms with E-state index < -0.39 is 6.10 Å². The van der Waals surface area contributed by atoms with Crippen LogP contribution < -0.4 is 10.1 Å². The second-order valence-corrected chi connectivity index (χ2v) is 6.03. The van der Waals surface area contributed by atoms with Crippen LogP contribution in [0.2, 0.25) is 0 Å². The van der Waals surface area contributed by atoms with Gasteiger partial charge in [0.1, 0.15) is 5.75 Å². The second kappa shape index (κ2) is 6.05. The standard InChI is InChI=1S/C15H18N2O2S/c1-9-5-6-13(10(2)7-9)19-12(4)14(18)17-15-16-8-11(3)20-15/h5-8,12H,1-4H3,(H,16,17,18). The zero-order chi connectivity index (χ0) is 14.7. The van der Waals surface area contributed by atoms with Crippen molar-refractivity contribution in [2.24, 2.45) is 0 Å². The molecule has 0 aliphatic rings. The van der Waals surface area contributed by atoms with Gasteiger partial charge in [0.2, 0.25) is 0 Å². The number of aryl methyl sites for hydroxylation is 3. The Morgan fingerprint density at radius 1 is 1.35 bits per heavy atom. The number of carbonyl (C=O) groups excluding carboxylic acids is 1. The summed E-state index contributed by atoms with van der Waals surface area (Å²) < 4.78 is 5.71. The van der Waals surface area contributed by atoms with Gasteiger partial charge in [0.25, 0.3) is 5.91 Å². The molecule has 0 spiro atoms. The summed E-state index contributed by atoms with van der Waals surface area (Å²) in [6, 6.07) is 5.89. The topological polar surface area (TPSA) is 51.2 Å². The fourth-order valence-corrected chi connectivity index (χ4v) is 2.46. The molecule has 0 bridgehead atoms. The second-order valence-electron chi connectivity index (χ2n) is 4.79. The molecule has 0 saturated carbocycles. The molecule has 1 atom stereocenters. The van der Waals surface area contributed by atoms with Crippen LogP contribution in [-0.4, -0.2) is 17.0 Å². The smallest absolute Gasteiger partial charge is 0.266 e. The Labute approximate surface area is 122 Å². The predicted octanol–water partition coefficient (Wildman–Crippen LogP) is 3.47. The molecule has 2 aromatic rings. The molecule has 5 heteroatoms. The van der Waals surface area contributed by atoms with Crippen molar-refractivity contribution < 1.29 is 9.53 Å². The molecule has 0 aliphatic carbocycles. The molecular weight excluding hydrogens is 272 g/mol. The van der Waals surface area contributed by atoms with E-state index in [2.05, 4.69) is 10.3 Å². The Balaban J connectivity index is 2.00. The van der Waals surface area contributed by atoms with E-state index in [1.54, 1.807) is 13.1 Å². The Morgan fingerprint density at radius 3 is 2.70 bits per heavy atom. The van der Waals surface area contributed by atoms with E-state index in [-0.39, 0.29) is 5.91 Å². The maximum atomic E-state index is 12.0. The predicted molar refractivity (Wildman–Crippen MR) is 81.5 cm³/mol. The zero-order valence-corrected chi connectivity index (χ0v) is 12.9. The number of hydrogen-bond donors (Lipinski definition) is 1. The zero-order valence-electron chi connectivity index (χ0n) is 12.1. The molecule has 1 aromatic carbocycles. The van der Waals surface area contributed by atoms with Gasteiger partial charge in [-0.1, -0.05) is 17.7 Å². The average molecular weight is 290 g/mol. The summed E-state index contributed by atoms with van der Waals surface area (Å²) in [5.74, 6) is 0.535. The van der Waals surface area contributed by atoms with Gasteiger partial charge in [0.05, 0.1) is 0 Å². The van der Waals surface area contributed by atoms with Gasteiger partial charge in [0, 0.05) is 11.1 Å². The molecule has 1 unspecified atom stereocenters. The largest absolute Gasteiger partial charge is 0.481 e. The molecule has 1 N–H and O–H groups in total. The van der Waals surface area contributed by atoms with E-state index in [9.17, 15) is 4.79 Å². The first kappa shape index (κ1) is 14.5. The summed E-state index contributed by atoms with van der Waals surface area (Å²) in [6.45, 7) is 7.67. The molecule has 0 fully saturated rings. The van der Waals surface area contributed by atoms with E-state index in [0.717, 1.165) is 16.2 Å². The molecule has 20 heavy (non-hydrogen) atoms. The lowest BCUT2D eigenvalue weighted by atomic mass is 10.1. The molecular formula is C15H18N2O2S. The van der Waals surface area contributed by atoms with Gasteiger partial charge >= 0.3 is 0 Å². The summed E-state index contributed by atoms with van der Waals surface area (Å²) in [7, 11) is 0. The van der Waals surface area contributed by atoms with Crippen LogP contribution in [0.4, 0.5) is 5.13 Å². The van der Waals surface area contributed by atoms with E-state index in [0.29, 0.717) is 5.13 Å². The minimum absolute atomic E-state index is 0.195. The molecule has 1 heterocycles. The lowest BCUT2D eigenvalue weighted by Crippen LogP contribution is -2.30. The summed E-state index contributed by atoms with van der Waals surface area (Å²) in [5, 5.41) is 3.36. The van der Waals surface area contributed by atoms with Crippen molar-refractivity contribution in [3.8, 4) is 5.75 Å². The number of anilines is 1. The fourth-order valence-electron chi connectivity index (χ4n) is 1.80. The Bertz CT molecular complexity index is 622. The van der Waals surface area contributed by atoms with Crippen LogP contribution in [0, 0.1) is 20.8 Å². The molecule has 0 radical (unpaired) electrons. The highest BCUT2D eigenvalue weighted by Crippen LogP contribution is 2.21. The summed E-state index contributed by atoms with van der Waals surface area (Å²) in [4.78, 5) is 17.2. The number of rotatable bonds is 4.